The van der Waals surface area contributed by atoms with E-state index in [1.165, 1.54) is 11.1 Å². The van der Waals surface area contributed by atoms with E-state index in [2.05, 4.69) is 58.5 Å². The zero-order valence-corrected chi connectivity index (χ0v) is 21.1. The van der Waals surface area contributed by atoms with Crippen LogP contribution in [0.15, 0.2) is 90.5 Å². The minimum Gasteiger partial charge on any atom is -0.348 e. The first kappa shape index (κ1) is 22.4. The van der Waals surface area contributed by atoms with Gasteiger partial charge in [-0.25, -0.2) is 0 Å². The third kappa shape index (κ3) is 3.03. The summed E-state index contributed by atoms with van der Waals surface area (Å²) in [5.41, 5.74) is 7.33. The third-order valence-corrected chi connectivity index (χ3v) is 8.26. The number of hydrogen-bond acceptors (Lipinski definition) is 2. The molecule has 0 spiro atoms. The maximum Gasteiger partial charge on any atom is 0.209 e. The Labute approximate surface area is 211 Å². The molecule has 1 aromatic heterocycles. The fourth-order valence-electron chi connectivity index (χ4n) is 6.25. The number of Topliss-reactive ketones (excluding diaryl/α,β-unsaturated/α-hetero) is 2. The summed E-state index contributed by atoms with van der Waals surface area (Å²) in [4.78, 5) is 27.2. The van der Waals surface area contributed by atoms with Gasteiger partial charge in [-0.15, -0.1) is 0 Å². The highest BCUT2D eigenvalue weighted by atomic mass is 16.2. The molecule has 4 heteroatoms. The number of hydrogen-bond donors (Lipinski definition) is 0. The number of ketones is 2. The summed E-state index contributed by atoms with van der Waals surface area (Å²) in [6.07, 6.45) is 2.65. The second kappa shape index (κ2) is 7.99. The lowest BCUT2D eigenvalue weighted by Crippen LogP contribution is -2.41. The standard InChI is InChI=1S/C32H29N2O2/c1-20-28(22-14-8-10-16-25(22)33(20)3)29-30(35)23(31(29)36)18-27-32(2,19-21-12-6-5-7-13-21)24-15-9-11-17-26(24)34(27)4/h5-18,29H,19H2,1-4H3/q+1. The highest BCUT2D eigenvalue weighted by molar-refractivity contribution is 6.44. The van der Waals surface area contributed by atoms with Gasteiger partial charge in [0, 0.05) is 41.4 Å². The van der Waals surface area contributed by atoms with Gasteiger partial charge in [0.05, 0.1) is 11.0 Å². The first-order chi connectivity index (χ1) is 17.3. The molecule has 36 heavy (non-hydrogen) atoms. The average Bonchev–Trinajstić information content (AvgIpc) is 3.26. The van der Waals surface area contributed by atoms with Gasteiger partial charge in [-0.1, -0.05) is 66.7 Å². The van der Waals surface area contributed by atoms with Gasteiger partial charge in [-0.2, -0.15) is 4.58 Å². The van der Waals surface area contributed by atoms with Crippen LogP contribution in [0.1, 0.15) is 35.2 Å². The van der Waals surface area contributed by atoms with E-state index in [9.17, 15) is 9.59 Å². The lowest BCUT2D eigenvalue weighted by molar-refractivity contribution is -0.401. The average molecular weight is 474 g/mol. The van der Waals surface area contributed by atoms with Crippen molar-refractivity contribution in [3.05, 3.63) is 113 Å². The second-order valence-corrected chi connectivity index (χ2v) is 10.3. The van der Waals surface area contributed by atoms with E-state index in [1.807, 2.05) is 63.5 Å². The zero-order valence-electron chi connectivity index (χ0n) is 21.1. The summed E-state index contributed by atoms with van der Waals surface area (Å²) in [7, 11) is 4.02. The van der Waals surface area contributed by atoms with Crippen molar-refractivity contribution in [2.24, 2.45) is 7.05 Å². The highest BCUT2D eigenvalue weighted by Gasteiger charge is 2.51. The molecule has 1 aliphatic heterocycles. The lowest BCUT2D eigenvalue weighted by atomic mass is 9.69. The van der Waals surface area contributed by atoms with Crippen LogP contribution in [0, 0.1) is 6.92 Å². The van der Waals surface area contributed by atoms with E-state index >= 15 is 0 Å². The normalized spacial score (nSPS) is 21.2. The van der Waals surface area contributed by atoms with Gasteiger partial charge in [-0.3, -0.25) is 9.59 Å². The van der Waals surface area contributed by atoms with Crippen molar-refractivity contribution in [2.75, 3.05) is 7.05 Å². The number of carbonyl (C=O) groups excluding carboxylic acids is 2. The Bertz CT molecular complexity index is 1620. The number of benzene rings is 3. The topological polar surface area (TPSA) is 42.1 Å². The zero-order chi connectivity index (χ0) is 25.2. The van der Waals surface area contributed by atoms with Gasteiger partial charge in [-0.05, 0) is 37.5 Å². The quantitative estimate of drug-likeness (QED) is 0.168. The van der Waals surface area contributed by atoms with Crippen molar-refractivity contribution in [3.8, 4) is 0 Å². The van der Waals surface area contributed by atoms with Gasteiger partial charge in [0.25, 0.3) is 0 Å². The van der Waals surface area contributed by atoms with E-state index in [0.29, 0.717) is 5.57 Å². The largest absolute Gasteiger partial charge is 0.348 e. The van der Waals surface area contributed by atoms with Crippen molar-refractivity contribution >= 4 is 33.9 Å². The van der Waals surface area contributed by atoms with Crippen LogP contribution in [-0.2, 0) is 28.5 Å². The SMILES string of the molecule is Cc1c(C2C(=O)C(=CC3=[N+](C)c4ccccc4C3(C)Cc3ccccc3)C2=O)c2ccccc2n1C. The predicted molar refractivity (Wildman–Crippen MR) is 143 cm³/mol. The van der Waals surface area contributed by atoms with Crippen LogP contribution < -0.4 is 0 Å². The molecule has 2 heterocycles. The molecule has 0 bridgehead atoms. The second-order valence-electron chi connectivity index (χ2n) is 10.3. The Balaban J connectivity index is 1.43. The van der Waals surface area contributed by atoms with Gasteiger partial charge in [0.2, 0.25) is 5.69 Å². The number of rotatable bonds is 4. The van der Waals surface area contributed by atoms with Gasteiger partial charge >= 0.3 is 0 Å². The number of aryl methyl sites for hydroxylation is 1. The Morgan fingerprint density at radius 2 is 1.56 bits per heavy atom. The van der Waals surface area contributed by atoms with Crippen LogP contribution in [-0.4, -0.2) is 33.5 Å². The Morgan fingerprint density at radius 1 is 0.917 bits per heavy atom. The number of para-hydroxylation sites is 2. The van der Waals surface area contributed by atoms with Crippen molar-refractivity contribution in [2.45, 2.75) is 31.6 Å². The molecule has 4 nitrogen and oxygen atoms in total. The minimum absolute atomic E-state index is 0.0848. The summed E-state index contributed by atoms with van der Waals surface area (Å²) in [5.74, 6) is -0.894. The molecule has 1 atom stereocenters. The van der Waals surface area contributed by atoms with Gasteiger partial charge < -0.3 is 4.57 Å². The highest BCUT2D eigenvalue weighted by Crippen LogP contribution is 2.45. The molecule has 4 aromatic rings. The predicted octanol–water partition coefficient (Wildman–Crippen LogP) is 5.58. The summed E-state index contributed by atoms with van der Waals surface area (Å²) >= 11 is 0. The number of aromatic nitrogens is 1. The Hall–Kier alpha value is -4.05. The van der Waals surface area contributed by atoms with Crippen LogP contribution in [0.5, 0.6) is 0 Å². The molecule has 1 unspecified atom stereocenters. The van der Waals surface area contributed by atoms with E-state index in [0.717, 1.165) is 40.0 Å². The first-order valence-corrected chi connectivity index (χ1v) is 12.4. The van der Waals surface area contributed by atoms with E-state index in [4.69, 9.17) is 0 Å². The van der Waals surface area contributed by atoms with Crippen molar-refractivity contribution in [3.63, 3.8) is 0 Å². The maximum atomic E-state index is 13.6. The fourth-order valence-corrected chi connectivity index (χ4v) is 6.25. The molecular formula is C32H29N2O2+. The number of fused-ring (bicyclic) bond motifs is 2. The Kier molecular flexibility index (Phi) is 4.97. The minimum atomic E-state index is -0.725. The Morgan fingerprint density at radius 3 is 2.31 bits per heavy atom. The molecule has 0 saturated heterocycles. The van der Waals surface area contributed by atoms with Gasteiger partial charge in [0.1, 0.15) is 13.0 Å². The molecule has 0 radical (unpaired) electrons. The van der Waals surface area contributed by atoms with Crippen molar-refractivity contribution in [1.82, 2.24) is 4.57 Å². The fraction of sp³-hybridized carbons (Fsp3) is 0.219. The van der Waals surface area contributed by atoms with E-state index in [1.54, 1.807) is 0 Å². The molecule has 0 N–H and O–H groups in total. The summed E-state index contributed by atoms with van der Waals surface area (Å²) in [5, 5.41) is 0.982. The van der Waals surface area contributed by atoms with Crippen LogP contribution >= 0.6 is 0 Å². The molecule has 3 aromatic carbocycles. The summed E-state index contributed by atoms with van der Waals surface area (Å²) in [6, 6.07) is 26.8. The van der Waals surface area contributed by atoms with Crippen LogP contribution in [0.2, 0.25) is 0 Å². The van der Waals surface area contributed by atoms with Crippen molar-refractivity contribution in [1.29, 1.82) is 0 Å². The van der Waals surface area contributed by atoms with Gasteiger partial charge in [0.15, 0.2) is 17.3 Å². The van der Waals surface area contributed by atoms with E-state index in [-0.39, 0.29) is 17.0 Å². The number of allylic oxidation sites excluding steroid dienone is 2. The lowest BCUT2D eigenvalue weighted by Gasteiger charge is -2.28. The molecule has 178 valence electrons. The number of carbonyl (C=O) groups is 2. The monoisotopic (exact) mass is 473 g/mol. The molecule has 1 aliphatic carbocycles. The molecular weight excluding hydrogens is 444 g/mol. The van der Waals surface area contributed by atoms with Crippen LogP contribution in [0.25, 0.3) is 10.9 Å². The molecule has 6 rings (SSSR count). The molecule has 0 amide bonds. The molecule has 1 saturated carbocycles. The maximum absolute atomic E-state index is 13.6. The number of nitrogens with zero attached hydrogens (tertiary/aromatic N) is 2. The summed E-state index contributed by atoms with van der Waals surface area (Å²) < 4.78 is 4.21. The summed E-state index contributed by atoms with van der Waals surface area (Å²) in [6.45, 7) is 4.21. The van der Waals surface area contributed by atoms with Crippen LogP contribution in [0.3, 0.4) is 0 Å². The molecule has 2 aliphatic rings. The van der Waals surface area contributed by atoms with E-state index < -0.39 is 5.92 Å². The third-order valence-electron chi connectivity index (χ3n) is 8.26. The molecule has 1 fully saturated rings. The van der Waals surface area contributed by atoms with Crippen LogP contribution in [0.4, 0.5) is 5.69 Å². The smallest absolute Gasteiger partial charge is 0.209 e. The van der Waals surface area contributed by atoms with Crippen molar-refractivity contribution < 1.29 is 14.2 Å². The first-order valence-electron chi connectivity index (χ1n) is 12.4.